The van der Waals surface area contributed by atoms with Gasteiger partial charge in [-0.05, 0) is 32.0 Å². The van der Waals surface area contributed by atoms with Crippen LogP contribution in [0.2, 0.25) is 0 Å². The monoisotopic (exact) mass is 266 g/mol. The number of aromatic nitrogens is 1. The third-order valence-corrected chi connectivity index (χ3v) is 3.93. The molecule has 0 spiro atoms. The maximum absolute atomic E-state index is 13.3. The Morgan fingerprint density at radius 2 is 1.79 bits per heavy atom. The van der Waals surface area contributed by atoms with Gasteiger partial charge in [0.1, 0.15) is 5.82 Å². The number of nitrogens with zero attached hydrogens (tertiary/aromatic N) is 2. The molecule has 3 nitrogen and oxygen atoms in total. The first-order valence-corrected chi connectivity index (χ1v) is 6.96. The molecular formula is C15H23FN2O. The maximum Gasteiger partial charge on any atom is 0.184 e. The van der Waals surface area contributed by atoms with E-state index >= 15 is 0 Å². The van der Waals surface area contributed by atoms with Crippen LogP contribution in [0.15, 0.2) is 18.5 Å². The van der Waals surface area contributed by atoms with Crippen LogP contribution in [-0.2, 0) is 0 Å². The highest BCUT2D eigenvalue weighted by atomic mass is 19.1. The summed E-state index contributed by atoms with van der Waals surface area (Å²) in [5.74, 6) is -0.500. The molecule has 0 bridgehead atoms. The van der Waals surface area contributed by atoms with Crippen LogP contribution in [0.3, 0.4) is 0 Å². The first-order chi connectivity index (χ1) is 9.05. The van der Waals surface area contributed by atoms with Crippen LogP contribution < -0.4 is 0 Å². The minimum absolute atomic E-state index is 0.0341. The smallest absolute Gasteiger partial charge is 0.184 e. The van der Waals surface area contributed by atoms with Gasteiger partial charge in [-0.1, -0.05) is 27.7 Å². The molecule has 0 atom stereocenters. The van der Waals surface area contributed by atoms with Gasteiger partial charge in [-0.25, -0.2) is 4.39 Å². The molecule has 0 N–H and O–H groups in total. The lowest BCUT2D eigenvalue weighted by Crippen LogP contribution is -2.53. The van der Waals surface area contributed by atoms with Crippen molar-refractivity contribution in [1.29, 1.82) is 0 Å². The number of carbonyl (C=O) groups is 1. The average Bonchev–Trinajstić information content (AvgIpc) is 2.44. The molecule has 19 heavy (non-hydrogen) atoms. The van der Waals surface area contributed by atoms with Crippen LogP contribution in [-0.4, -0.2) is 34.3 Å². The number of Topliss-reactive ketones (excluding diaryl/α,β-unsaturated/α-hetero) is 1. The number of carbonyl (C=O) groups excluding carboxylic acids is 1. The van der Waals surface area contributed by atoms with Gasteiger partial charge < -0.3 is 0 Å². The van der Waals surface area contributed by atoms with Gasteiger partial charge in [0.2, 0.25) is 0 Å². The van der Waals surface area contributed by atoms with Crippen molar-refractivity contribution in [2.24, 2.45) is 0 Å². The van der Waals surface area contributed by atoms with E-state index in [4.69, 9.17) is 0 Å². The van der Waals surface area contributed by atoms with Gasteiger partial charge in [0, 0.05) is 11.8 Å². The fourth-order valence-electron chi connectivity index (χ4n) is 2.80. The van der Waals surface area contributed by atoms with Crippen molar-refractivity contribution in [3.63, 3.8) is 0 Å². The molecule has 1 aromatic rings. The summed E-state index contributed by atoms with van der Waals surface area (Å²) in [6.07, 6.45) is 3.99. The summed E-state index contributed by atoms with van der Waals surface area (Å²) in [7, 11) is 0. The van der Waals surface area contributed by atoms with Crippen LogP contribution in [0, 0.1) is 5.82 Å². The van der Waals surface area contributed by atoms with Crippen LogP contribution in [0.25, 0.3) is 0 Å². The van der Waals surface area contributed by atoms with E-state index < -0.39 is 11.4 Å². The van der Waals surface area contributed by atoms with Gasteiger partial charge in [-0.2, -0.15) is 0 Å². The third kappa shape index (κ3) is 3.00. The zero-order valence-corrected chi connectivity index (χ0v) is 12.2. The molecule has 0 aliphatic carbocycles. The second kappa shape index (κ2) is 6.75. The molecule has 0 amide bonds. The Bertz CT molecular complexity index is 426. The van der Waals surface area contributed by atoms with Crippen molar-refractivity contribution >= 4 is 5.78 Å². The van der Waals surface area contributed by atoms with Crippen molar-refractivity contribution in [3.05, 3.63) is 29.8 Å². The molecule has 1 heterocycles. The van der Waals surface area contributed by atoms with E-state index in [0.717, 1.165) is 19.3 Å². The lowest BCUT2D eigenvalue weighted by Gasteiger charge is -2.40. The Balaban J connectivity index is 3.22. The molecule has 1 rings (SSSR count). The largest absolute Gasteiger partial charge is 0.292 e. The fourth-order valence-corrected chi connectivity index (χ4v) is 2.80. The second-order valence-electron chi connectivity index (χ2n) is 4.63. The topological polar surface area (TPSA) is 33.2 Å². The fraction of sp³-hybridized carbons (Fsp3) is 0.600. The first-order valence-electron chi connectivity index (χ1n) is 6.96. The molecule has 0 fully saturated rings. The summed E-state index contributed by atoms with van der Waals surface area (Å²) >= 11 is 0. The van der Waals surface area contributed by atoms with Crippen LogP contribution in [0.5, 0.6) is 0 Å². The molecule has 0 aliphatic rings. The summed E-state index contributed by atoms with van der Waals surface area (Å²) < 4.78 is 13.3. The van der Waals surface area contributed by atoms with Crippen molar-refractivity contribution < 1.29 is 9.18 Å². The molecular weight excluding hydrogens is 243 g/mol. The standard InChI is InChI=1S/C15H23FN2O/c1-5-15(6-2,18(7-3)8-4)14(19)12-9-13(16)11-17-10-12/h9-11H,5-8H2,1-4H3. The van der Waals surface area contributed by atoms with E-state index in [9.17, 15) is 9.18 Å². The predicted molar refractivity (Wildman–Crippen MR) is 74.8 cm³/mol. The molecule has 0 aliphatic heterocycles. The number of halogens is 1. The second-order valence-corrected chi connectivity index (χ2v) is 4.63. The van der Waals surface area contributed by atoms with Gasteiger partial charge in [0.15, 0.2) is 5.78 Å². The normalized spacial score (nSPS) is 11.9. The minimum atomic E-state index is -0.557. The molecule has 0 saturated heterocycles. The molecule has 0 saturated carbocycles. The maximum atomic E-state index is 13.3. The van der Waals surface area contributed by atoms with Crippen molar-refractivity contribution in [2.45, 2.75) is 46.1 Å². The van der Waals surface area contributed by atoms with E-state index in [1.54, 1.807) is 0 Å². The van der Waals surface area contributed by atoms with E-state index in [1.807, 2.05) is 27.7 Å². The average molecular weight is 266 g/mol. The van der Waals surface area contributed by atoms with Gasteiger partial charge >= 0.3 is 0 Å². The van der Waals surface area contributed by atoms with E-state index in [0.29, 0.717) is 18.4 Å². The van der Waals surface area contributed by atoms with Crippen LogP contribution >= 0.6 is 0 Å². The summed E-state index contributed by atoms with van der Waals surface area (Å²) in [5, 5.41) is 0. The van der Waals surface area contributed by atoms with Crippen LogP contribution in [0.1, 0.15) is 50.9 Å². The summed E-state index contributed by atoms with van der Waals surface area (Å²) in [5.41, 5.74) is -0.200. The van der Waals surface area contributed by atoms with Crippen LogP contribution in [0.4, 0.5) is 4.39 Å². The molecule has 0 aromatic carbocycles. The zero-order valence-electron chi connectivity index (χ0n) is 12.2. The number of rotatable bonds is 7. The Hall–Kier alpha value is -1.29. The van der Waals surface area contributed by atoms with Crippen molar-refractivity contribution in [3.8, 4) is 0 Å². The number of likely N-dealkylation sites (N-methyl/N-ethyl adjacent to an activating group) is 1. The Kier molecular flexibility index (Phi) is 5.60. The summed E-state index contributed by atoms with van der Waals surface area (Å²) in [6.45, 7) is 9.69. The summed E-state index contributed by atoms with van der Waals surface area (Å²) in [4.78, 5) is 18.7. The molecule has 4 heteroatoms. The Morgan fingerprint density at radius 3 is 2.21 bits per heavy atom. The lowest BCUT2D eigenvalue weighted by molar-refractivity contribution is 0.0534. The highest BCUT2D eigenvalue weighted by Gasteiger charge is 2.39. The minimum Gasteiger partial charge on any atom is -0.292 e. The molecule has 0 radical (unpaired) electrons. The van der Waals surface area contributed by atoms with Gasteiger partial charge in [-0.15, -0.1) is 0 Å². The van der Waals surface area contributed by atoms with E-state index in [2.05, 4.69) is 9.88 Å². The number of pyridine rings is 1. The van der Waals surface area contributed by atoms with Gasteiger partial charge in [-0.3, -0.25) is 14.7 Å². The first kappa shape index (κ1) is 15.8. The van der Waals surface area contributed by atoms with Crippen molar-refractivity contribution in [2.75, 3.05) is 13.1 Å². The number of hydrogen-bond donors (Lipinski definition) is 0. The van der Waals surface area contributed by atoms with E-state index in [-0.39, 0.29) is 5.78 Å². The van der Waals surface area contributed by atoms with Gasteiger partial charge in [0.05, 0.1) is 11.7 Å². The SMILES string of the molecule is CCN(CC)C(CC)(CC)C(=O)c1cncc(F)c1. The highest BCUT2D eigenvalue weighted by molar-refractivity contribution is 6.03. The van der Waals surface area contributed by atoms with Crippen molar-refractivity contribution in [1.82, 2.24) is 9.88 Å². The quantitative estimate of drug-likeness (QED) is 0.710. The summed E-state index contributed by atoms with van der Waals surface area (Å²) in [6, 6.07) is 1.28. The zero-order chi connectivity index (χ0) is 14.5. The third-order valence-electron chi connectivity index (χ3n) is 3.93. The number of hydrogen-bond acceptors (Lipinski definition) is 3. The molecule has 0 unspecified atom stereocenters. The molecule has 106 valence electrons. The van der Waals surface area contributed by atoms with Gasteiger partial charge in [0.25, 0.3) is 0 Å². The number of ketones is 1. The Morgan fingerprint density at radius 1 is 1.21 bits per heavy atom. The molecule has 1 aromatic heterocycles. The van der Waals surface area contributed by atoms with E-state index in [1.165, 1.54) is 12.3 Å². The Labute approximate surface area is 114 Å². The predicted octanol–water partition coefficient (Wildman–Crippen LogP) is 3.30. The highest BCUT2D eigenvalue weighted by Crippen LogP contribution is 2.28. The lowest BCUT2D eigenvalue weighted by atomic mass is 9.83.